The SMILES string of the molecule is COCCOCCNCC(CNC(=O)OC(C)(C)C)C(C)C. The minimum absolute atomic E-state index is 0.353. The first-order chi connectivity index (χ1) is 10.3. The maximum Gasteiger partial charge on any atom is 0.407 e. The molecule has 1 amide bonds. The van der Waals surface area contributed by atoms with E-state index in [2.05, 4.69) is 24.5 Å². The van der Waals surface area contributed by atoms with E-state index in [9.17, 15) is 4.79 Å². The van der Waals surface area contributed by atoms with Crippen LogP contribution >= 0.6 is 0 Å². The van der Waals surface area contributed by atoms with Crippen LogP contribution in [0.3, 0.4) is 0 Å². The molecule has 6 nitrogen and oxygen atoms in total. The van der Waals surface area contributed by atoms with Gasteiger partial charge in [0, 0.05) is 20.2 Å². The molecule has 132 valence electrons. The average molecular weight is 318 g/mol. The van der Waals surface area contributed by atoms with Crippen LogP contribution in [-0.4, -0.2) is 58.3 Å². The van der Waals surface area contributed by atoms with Crippen molar-refractivity contribution in [2.75, 3.05) is 46.6 Å². The third-order valence-electron chi connectivity index (χ3n) is 3.11. The Bertz CT molecular complexity index is 290. The Morgan fingerprint density at radius 2 is 1.77 bits per heavy atom. The monoisotopic (exact) mass is 318 g/mol. The molecule has 0 aliphatic rings. The molecule has 0 aliphatic carbocycles. The molecule has 0 saturated heterocycles. The molecular formula is C16H34N2O4. The van der Waals surface area contributed by atoms with Gasteiger partial charge in [0.1, 0.15) is 5.60 Å². The Morgan fingerprint density at radius 1 is 1.09 bits per heavy atom. The summed E-state index contributed by atoms with van der Waals surface area (Å²) in [6.45, 7) is 14.0. The van der Waals surface area contributed by atoms with Crippen LogP contribution in [-0.2, 0) is 14.2 Å². The van der Waals surface area contributed by atoms with Crippen LogP contribution < -0.4 is 10.6 Å². The molecule has 2 N–H and O–H groups in total. The molecule has 0 bridgehead atoms. The highest BCUT2D eigenvalue weighted by Crippen LogP contribution is 2.10. The third-order valence-corrected chi connectivity index (χ3v) is 3.11. The number of hydrogen-bond acceptors (Lipinski definition) is 5. The molecule has 0 rings (SSSR count). The van der Waals surface area contributed by atoms with Gasteiger partial charge in [0.15, 0.2) is 0 Å². The summed E-state index contributed by atoms with van der Waals surface area (Å²) < 4.78 is 15.5. The van der Waals surface area contributed by atoms with Gasteiger partial charge in [-0.25, -0.2) is 4.79 Å². The van der Waals surface area contributed by atoms with Gasteiger partial charge < -0.3 is 24.8 Å². The number of ether oxygens (including phenoxy) is 3. The second-order valence-electron chi connectivity index (χ2n) is 6.70. The smallest absolute Gasteiger partial charge is 0.407 e. The predicted octanol–water partition coefficient (Wildman–Crippen LogP) is 2.04. The maximum atomic E-state index is 11.7. The minimum Gasteiger partial charge on any atom is -0.444 e. The van der Waals surface area contributed by atoms with Crippen molar-refractivity contribution in [2.45, 2.75) is 40.2 Å². The zero-order valence-corrected chi connectivity index (χ0v) is 15.0. The molecule has 0 spiro atoms. The lowest BCUT2D eigenvalue weighted by atomic mass is 9.96. The topological polar surface area (TPSA) is 68.8 Å². The molecule has 0 saturated carbocycles. The number of rotatable bonds is 11. The van der Waals surface area contributed by atoms with Gasteiger partial charge in [0.05, 0.1) is 19.8 Å². The average Bonchev–Trinajstić information content (AvgIpc) is 2.38. The number of methoxy groups -OCH3 is 1. The zero-order chi connectivity index (χ0) is 17.0. The Kier molecular flexibility index (Phi) is 11.2. The van der Waals surface area contributed by atoms with Crippen molar-refractivity contribution in [3.63, 3.8) is 0 Å². The predicted molar refractivity (Wildman–Crippen MR) is 88.1 cm³/mol. The highest BCUT2D eigenvalue weighted by Gasteiger charge is 2.18. The van der Waals surface area contributed by atoms with Crippen molar-refractivity contribution in [1.29, 1.82) is 0 Å². The first kappa shape index (κ1) is 21.1. The van der Waals surface area contributed by atoms with E-state index in [1.54, 1.807) is 7.11 Å². The first-order valence-corrected chi connectivity index (χ1v) is 8.00. The fourth-order valence-electron chi connectivity index (χ4n) is 1.75. The summed E-state index contributed by atoms with van der Waals surface area (Å²) in [6, 6.07) is 0. The summed E-state index contributed by atoms with van der Waals surface area (Å²) in [4.78, 5) is 11.7. The number of carbonyl (C=O) groups excluding carboxylic acids is 1. The van der Waals surface area contributed by atoms with E-state index in [-0.39, 0.29) is 6.09 Å². The summed E-state index contributed by atoms with van der Waals surface area (Å²) in [5, 5.41) is 6.20. The summed E-state index contributed by atoms with van der Waals surface area (Å²) in [7, 11) is 1.66. The van der Waals surface area contributed by atoms with E-state index in [1.807, 2.05) is 20.8 Å². The van der Waals surface area contributed by atoms with Crippen LogP contribution in [0.1, 0.15) is 34.6 Å². The van der Waals surface area contributed by atoms with E-state index in [0.717, 1.165) is 13.1 Å². The third kappa shape index (κ3) is 12.9. The van der Waals surface area contributed by atoms with Gasteiger partial charge in [0.25, 0.3) is 0 Å². The Morgan fingerprint density at radius 3 is 2.32 bits per heavy atom. The summed E-state index contributed by atoms with van der Waals surface area (Å²) in [6.07, 6.45) is -0.360. The molecular weight excluding hydrogens is 284 g/mol. The maximum absolute atomic E-state index is 11.7. The van der Waals surface area contributed by atoms with Gasteiger partial charge in [0.2, 0.25) is 0 Å². The molecule has 0 heterocycles. The minimum atomic E-state index is -0.463. The molecule has 1 unspecified atom stereocenters. The molecule has 6 heteroatoms. The molecule has 1 atom stereocenters. The van der Waals surface area contributed by atoms with Crippen LogP contribution in [0.5, 0.6) is 0 Å². The van der Waals surface area contributed by atoms with Gasteiger partial charge >= 0.3 is 6.09 Å². The second-order valence-corrected chi connectivity index (χ2v) is 6.70. The van der Waals surface area contributed by atoms with Gasteiger partial charge in [-0.1, -0.05) is 13.8 Å². The quantitative estimate of drug-likeness (QED) is 0.571. The van der Waals surface area contributed by atoms with Crippen LogP contribution in [0.15, 0.2) is 0 Å². The van der Waals surface area contributed by atoms with E-state index in [0.29, 0.717) is 38.2 Å². The van der Waals surface area contributed by atoms with Crippen molar-refractivity contribution >= 4 is 6.09 Å². The molecule has 0 aromatic carbocycles. The summed E-state index contributed by atoms with van der Waals surface area (Å²) >= 11 is 0. The molecule has 0 aromatic rings. The van der Waals surface area contributed by atoms with E-state index < -0.39 is 5.60 Å². The standard InChI is InChI=1S/C16H34N2O4/c1-13(2)14(11-17-7-8-21-10-9-20-6)12-18-15(19)22-16(3,4)5/h13-14,17H,7-12H2,1-6H3,(H,18,19). The molecule has 0 radical (unpaired) electrons. The van der Waals surface area contributed by atoms with Crippen molar-refractivity contribution in [2.24, 2.45) is 11.8 Å². The van der Waals surface area contributed by atoms with Crippen LogP contribution in [0, 0.1) is 11.8 Å². The van der Waals surface area contributed by atoms with E-state index in [1.165, 1.54) is 0 Å². The Labute approximate surface area is 135 Å². The van der Waals surface area contributed by atoms with Crippen molar-refractivity contribution in [3.05, 3.63) is 0 Å². The highest BCUT2D eigenvalue weighted by molar-refractivity contribution is 5.67. The lowest BCUT2D eigenvalue weighted by Crippen LogP contribution is -2.40. The Hall–Kier alpha value is -0.850. The zero-order valence-electron chi connectivity index (χ0n) is 15.0. The fourth-order valence-corrected chi connectivity index (χ4v) is 1.75. The van der Waals surface area contributed by atoms with Crippen molar-refractivity contribution in [1.82, 2.24) is 10.6 Å². The molecule has 0 fully saturated rings. The van der Waals surface area contributed by atoms with Crippen LogP contribution in [0.2, 0.25) is 0 Å². The normalized spacial score (nSPS) is 13.2. The molecule has 0 aliphatic heterocycles. The van der Waals surface area contributed by atoms with Gasteiger partial charge in [-0.05, 0) is 39.2 Å². The number of amides is 1. The van der Waals surface area contributed by atoms with E-state index >= 15 is 0 Å². The van der Waals surface area contributed by atoms with Crippen molar-refractivity contribution in [3.8, 4) is 0 Å². The lowest BCUT2D eigenvalue weighted by molar-refractivity contribution is 0.0513. The fraction of sp³-hybridized carbons (Fsp3) is 0.938. The summed E-state index contributed by atoms with van der Waals surface area (Å²) in [5.74, 6) is 0.823. The Balaban J connectivity index is 3.85. The number of alkyl carbamates (subject to hydrolysis) is 1. The molecule has 0 aromatic heterocycles. The second kappa shape index (κ2) is 11.7. The number of hydrogen-bond donors (Lipinski definition) is 2. The lowest BCUT2D eigenvalue weighted by Gasteiger charge is -2.24. The van der Waals surface area contributed by atoms with Gasteiger partial charge in [-0.2, -0.15) is 0 Å². The first-order valence-electron chi connectivity index (χ1n) is 8.00. The largest absolute Gasteiger partial charge is 0.444 e. The summed E-state index contributed by atoms with van der Waals surface area (Å²) in [5.41, 5.74) is -0.463. The number of carbonyl (C=O) groups is 1. The number of nitrogens with one attached hydrogen (secondary N) is 2. The van der Waals surface area contributed by atoms with Crippen LogP contribution in [0.4, 0.5) is 4.79 Å². The highest BCUT2D eigenvalue weighted by atomic mass is 16.6. The van der Waals surface area contributed by atoms with E-state index in [4.69, 9.17) is 14.2 Å². The van der Waals surface area contributed by atoms with Gasteiger partial charge in [-0.3, -0.25) is 0 Å². The van der Waals surface area contributed by atoms with Crippen molar-refractivity contribution < 1.29 is 19.0 Å². The molecule has 22 heavy (non-hydrogen) atoms. The van der Waals surface area contributed by atoms with Gasteiger partial charge in [-0.15, -0.1) is 0 Å². The van der Waals surface area contributed by atoms with Crippen LogP contribution in [0.25, 0.3) is 0 Å².